The number of pyridine rings is 1. The molecule has 11 heteroatoms. The van der Waals surface area contributed by atoms with Gasteiger partial charge < -0.3 is 19.8 Å². The topological polar surface area (TPSA) is 129 Å². The molecule has 2 aromatic heterocycles. The van der Waals surface area contributed by atoms with Gasteiger partial charge in [0.1, 0.15) is 5.52 Å². The molecule has 2 heterocycles. The lowest BCUT2D eigenvalue weighted by Gasteiger charge is -2.10. The Morgan fingerprint density at radius 1 is 1.13 bits per heavy atom. The number of fused-ring (bicyclic) bond motifs is 3. The SMILES string of the molecule is O=C(O)Oc1c[nH]c2c(=O)[nH]c3ccc(S(=O)(=O)Cc4c(Cl)cccc4Cl)cc3c12. The first-order valence-corrected chi connectivity index (χ1v) is 10.8. The molecule has 0 atom stereocenters. The van der Waals surface area contributed by atoms with Gasteiger partial charge in [0.15, 0.2) is 15.6 Å². The number of aromatic amines is 2. The number of ether oxygens (including phenoxy) is 1. The first-order valence-electron chi connectivity index (χ1n) is 8.41. The molecule has 2 aromatic carbocycles. The van der Waals surface area contributed by atoms with Crippen molar-refractivity contribution in [3.05, 3.63) is 68.6 Å². The van der Waals surface area contributed by atoms with Crippen LogP contribution in [0.25, 0.3) is 21.8 Å². The molecule has 0 radical (unpaired) electrons. The van der Waals surface area contributed by atoms with Gasteiger partial charge in [-0.3, -0.25) is 4.79 Å². The van der Waals surface area contributed by atoms with Gasteiger partial charge >= 0.3 is 6.16 Å². The zero-order valence-electron chi connectivity index (χ0n) is 14.9. The van der Waals surface area contributed by atoms with Crippen LogP contribution in [0.1, 0.15) is 5.56 Å². The summed E-state index contributed by atoms with van der Waals surface area (Å²) >= 11 is 12.2. The summed E-state index contributed by atoms with van der Waals surface area (Å²) in [7, 11) is -3.88. The van der Waals surface area contributed by atoms with Crippen LogP contribution < -0.4 is 10.3 Å². The molecule has 30 heavy (non-hydrogen) atoms. The van der Waals surface area contributed by atoms with Crippen molar-refractivity contribution in [3.8, 4) is 5.75 Å². The van der Waals surface area contributed by atoms with Gasteiger partial charge in [0.05, 0.1) is 16.0 Å². The molecule has 0 fully saturated rings. The highest BCUT2D eigenvalue weighted by atomic mass is 35.5. The number of sulfone groups is 1. The van der Waals surface area contributed by atoms with Crippen LogP contribution in [0.15, 0.2) is 52.3 Å². The van der Waals surface area contributed by atoms with E-state index in [0.29, 0.717) is 10.9 Å². The molecule has 0 saturated heterocycles. The summed E-state index contributed by atoms with van der Waals surface area (Å²) in [6, 6.07) is 8.81. The maximum absolute atomic E-state index is 13.0. The fraction of sp³-hybridized carbons (Fsp3) is 0.0526. The van der Waals surface area contributed by atoms with Gasteiger partial charge in [0.25, 0.3) is 5.56 Å². The summed E-state index contributed by atoms with van der Waals surface area (Å²) in [5, 5.41) is 9.85. The van der Waals surface area contributed by atoms with Crippen molar-refractivity contribution >= 4 is 61.0 Å². The minimum Gasteiger partial charge on any atom is -0.449 e. The quantitative estimate of drug-likeness (QED) is 0.383. The standard InChI is InChI=1S/C19H12Cl2N2O6S/c20-12-2-1-3-13(21)11(12)8-30(27,28)9-4-5-14-10(6-9)16-15(29-19(25)26)7-22-17(16)18(24)23-14/h1-7,22H,8H2,(H,23,24)(H,25,26). The predicted octanol–water partition coefficient (Wildman–Crippen LogP) is 4.35. The molecular weight excluding hydrogens is 455 g/mol. The minimum absolute atomic E-state index is 0.0539. The molecule has 154 valence electrons. The van der Waals surface area contributed by atoms with Crippen LogP contribution in [0.4, 0.5) is 4.79 Å². The summed E-state index contributed by atoms with van der Waals surface area (Å²) in [6.45, 7) is 0. The van der Waals surface area contributed by atoms with Gasteiger partial charge in [-0.25, -0.2) is 13.2 Å². The Bertz CT molecular complexity index is 1470. The molecule has 4 rings (SSSR count). The lowest BCUT2D eigenvalue weighted by atomic mass is 10.1. The number of aromatic nitrogens is 2. The smallest absolute Gasteiger partial charge is 0.449 e. The number of benzene rings is 2. The van der Waals surface area contributed by atoms with Crippen molar-refractivity contribution in [2.24, 2.45) is 0 Å². The van der Waals surface area contributed by atoms with Crippen LogP contribution in [0.5, 0.6) is 5.75 Å². The summed E-state index contributed by atoms with van der Waals surface area (Å²) in [6.07, 6.45) is -0.348. The highest BCUT2D eigenvalue weighted by Gasteiger charge is 2.22. The largest absolute Gasteiger partial charge is 0.511 e. The van der Waals surface area contributed by atoms with Crippen molar-refractivity contribution in [1.29, 1.82) is 0 Å². The summed E-state index contributed by atoms with van der Waals surface area (Å²) < 4.78 is 30.8. The molecule has 0 aliphatic rings. The monoisotopic (exact) mass is 466 g/mol. The van der Waals surface area contributed by atoms with Crippen molar-refractivity contribution < 1.29 is 23.1 Å². The van der Waals surface area contributed by atoms with Crippen LogP contribution >= 0.6 is 23.2 Å². The van der Waals surface area contributed by atoms with Crippen LogP contribution in [-0.4, -0.2) is 29.6 Å². The average molecular weight is 467 g/mol. The Balaban J connectivity index is 1.91. The predicted molar refractivity (Wildman–Crippen MR) is 112 cm³/mol. The van der Waals surface area contributed by atoms with Gasteiger partial charge in [-0.05, 0) is 30.3 Å². The lowest BCUT2D eigenvalue weighted by molar-refractivity contribution is 0.145. The highest BCUT2D eigenvalue weighted by molar-refractivity contribution is 7.90. The number of H-pyrrole nitrogens is 2. The van der Waals surface area contributed by atoms with E-state index in [1.807, 2.05) is 0 Å². The van der Waals surface area contributed by atoms with E-state index >= 15 is 0 Å². The average Bonchev–Trinajstić information content (AvgIpc) is 3.08. The van der Waals surface area contributed by atoms with Crippen LogP contribution in [0, 0.1) is 0 Å². The zero-order chi connectivity index (χ0) is 21.6. The first-order chi connectivity index (χ1) is 14.2. The van der Waals surface area contributed by atoms with E-state index < -0.39 is 27.3 Å². The Morgan fingerprint density at radius 3 is 2.50 bits per heavy atom. The van der Waals surface area contributed by atoms with Gasteiger partial charge in [-0.1, -0.05) is 29.3 Å². The van der Waals surface area contributed by atoms with E-state index in [2.05, 4.69) is 9.97 Å². The van der Waals surface area contributed by atoms with Crippen molar-refractivity contribution in [2.45, 2.75) is 10.6 Å². The highest BCUT2D eigenvalue weighted by Crippen LogP contribution is 2.33. The normalized spacial score (nSPS) is 11.8. The molecule has 8 nitrogen and oxygen atoms in total. The van der Waals surface area contributed by atoms with Crippen LogP contribution in [0.3, 0.4) is 0 Å². The van der Waals surface area contributed by atoms with Gasteiger partial charge in [0.2, 0.25) is 0 Å². The second kappa shape index (κ2) is 7.35. The Labute approximate surface area is 178 Å². The molecule has 0 spiro atoms. The summed E-state index contributed by atoms with van der Waals surface area (Å²) in [4.78, 5) is 28.4. The summed E-state index contributed by atoms with van der Waals surface area (Å²) in [5.41, 5.74) is 0.139. The molecule has 0 aliphatic heterocycles. The minimum atomic E-state index is -3.88. The molecule has 0 saturated carbocycles. The van der Waals surface area contributed by atoms with E-state index in [1.165, 1.54) is 24.4 Å². The number of carbonyl (C=O) groups is 1. The van der Waals surface area contributed by atoms with E-state index in [0.717, 1.165) is 0 Å². The molecule has 3 N–H and O–H groups in total. The number of hydrogen-bond acceptors (Lipinski definition) is 5. The van der Waals surface area contributed by atoms with Crippen molar-refractivity contribution in [2.75, 3.05) is 0 Å². The number of nitrogens with one attached hydrogen (secondary N) is 2. The Morgan fingerprint density at radius 2 is 1.83 bits per heavy atom. The molecule has 4 aromatic rings. The molecule has 0 unspecified atom stereocenters. The second-order valence-corrected chi connectivity index (χ2v) is 9.20. The van der Waals surface area contributed by atoms with Crippen LogP contribution in [0.2, 0.25) is 10.0 Å². The van der Waals surface area contributed by atoms with E-state index in [-0.39, 0.29) is 37.2 Å². The van der Waals surface area contributed by atoms with Gasteiger partial charge in [-0.2, -0.15) is 0 Å². The summed E-state index contributed by atoms with van der Waals surface area (Å²) in [5.74, 6) is -0.549. The maximum atomic E-state index is 13.0. The Kier molecular flexibility index (Phi) is 4.97. The Hall–Kier alpha value is -3.01. The fourth-order valence-electron chi connectivity index (χ4n) is 3.19. The van der Waals surface area contributed by atoms with Crippen molar-refractivity contribution in [1.82, 2.24) is 9.97 Å². The third-order valence-electron chi connectivity index (χ3n) is 4.53. The number of halogens is 2. The van der Waals surface area contributed by atoms with E-state index in [4.69, 9.17) is 33.0 Å². The molecule has 0 aliphatic carbocycles. The number of rotatable bonds is 4. The number of carboxylic acid groups (broad SMARTS) is 1. The number of hydrogen-bond donors (Lipinski definition) is 3. The third kappa shape index (κ3) is 3.51. The van der Waals surface area contributed by atoms with Crippen LogP contribution in [-0.2, 0) is 15.6 Å². The first kappa shape index (κ1) is 20.3. The third-order valence-corrected chi connectivity index (χ3v) is 6.88. The molecular formula is C19H12Cl2N2O6S. The fourth-order valence-corrected chi connectivity index (χ4v) is 5.31. The second-order valence-electron chi connectivity index (χ2n) is 6.39. The zero-order valence-corrected chi connectivity index (χ0v) is 17.2. The van der Waals surface area contributed by atoms with E-state index in [9.17, 15) is 18.0 Å². The van der Waals surface area contributed by atoms with Gasteiger partial charge in [-0.15, -0.1) is 0 Å². The van der Waals surface area contributed by atoms with Gasteiger partial charge in [0, 0.05) is 32.7 Å². The molecule has 0 amide bonds. The lowest BCUT2D eigenvalue weighted by Crippen LogP contribution is -2.09. The molecule has 0 bridgehead atoms. The van der Waals surface area contributed by atoms with Crippen molar-refractivity contribution in [3.63, 3.8) is 0 Å². The maximum Gasteiger partial charge on any atom is 0.511 e. The van der Waals surface area contributed by atoms with E-state index in [1.54, 1.807) is 18.2 Å².